The van der Waals surface area contributed by atoms with Crippen molar-refractivity contribution in [2.24, 2.45) is 0 Å². The van der Waals surface area contributed by atoms with E-state index in [1.807, 2.05) is 18.7 Å². The van der Waals surface area contributed by atoms with Crippen molar-refractivity contribution in [3.63, 3.8) is 0 Å². The lowest BCUT2D eigenvalue weighted by Crippen LogP contribution is -2.47. The van der Waals surface area contributed by atoms with Gasteiger partial charge in [0.25, 0.3) is 11.6 Å². The number of thiocarbonyl (C=S) groups is 1. The third-order valence-corrected chi connectivity index (χ3v) is 5.92. The molecule has 3 rings (SSSR count). The second-order valence-electron chi connectivity index (χ2n) is 7.68. The first-order valence-corrected chi connectivity index (χ1v) is 11.2. The number of amides is 1. The Kier molecular flexibility index (Phi) is 7.62. The van der Waals surface area contributed by atoms with Crippen molar-refractivity contribution in [2.45, 2.75) is 33.7 Å². The number of nitrogens with zero attached hydrogens (tertiary/aromatic N) is 2. The number of esters is 1. The van der Waals surface area contributed by atoms with Gasteiger partial charge in [0, 0.05) is 35.1 Å². The van der Waals surface area contributed by atoms with Gasteiger partial charge < -0.3 is 20.3 Å². The number of carbonyl (C=O) groups is 2. The molecule has 0 saturated carbocycles. The van der Waals surface area contributed by atoms with Crippen molar-refractivity contribution in [3.05, 3.63) is 80.5 Å². The first kappa shape index (κ1) is 24.8. The van der Waals surface area contributed by atoms with Crippen molar-refractivity contribution in [2.75, 3.05) is 18.5 Å². The number of nitrogens with one attached hydrogen (secondary N) is 2. The summed E-state index contributed by atoms with van der Waals surface area (Å²) in [5, 5.41) is 17.6. The molecule has 0 aromatic heterocycles. The molecule has 178 valence electrons. The van der Waals surface area contributed by atoms with Gasteiger partial charge in [0.05, 0.1) is 23.1 Å². The summed E-state index contributed by atoms with van der Waals surface area (Å²) in [6.45, 7) is 8.01. The van der Waals surface area contributed by atoms with Crippen LogP contribution in [0.1, 0.15) is 48.3 Å². The summed E-state index contributed by atoms with van der Waals surface area (Å²) in [7, 11) is 0. The number of anilines is 1. The smallest absolute Gasteiger partial charge is 0.338 e. The topological polar surface area (TPSA) is 114 Å². The van der Waals surface area contributed by atoms with Gasteiger partial charge in [-0.1, -0.05) is 18.2 Å². The predicted octanol–water partition coefficient (Wildman–Crippen LogP) is 4.24. The van der Waals surface area contributed by atoms with Crippen LogP contribution in [0.15, 0.2) is 53.7 Å². The summed E-state index contributed by atoms with van der Waals surface area (Å²) in [5.41, 5.74) is 3.02. The third kappa shape index (κ3) is 5.07. The number of carbonyl (C=O) groups excluding carboxylic acids is 2. The summed E-state index contributed by atoms with van der Waals surface area (Å²) >= 11 is 5.48. The number of hydrogen-bond donors (Lipinski definition) is 2. The molecule has 0 saturated heterocycles. The molecule has 2 aromatic carbocycles. The zero-order valence-electron chi connectivity index (χ0n) is 19.4. The highest BCUT2D eigenvalue weighted by molar-refractivity contribution is 7.80. The van der Waals surface area contributed by atoms with Crippen LogP contribution in [0.5, 0.6) is 0 Å². The van der Waals surface area contributed by atoms with E-state index in [0.717, 1.165) is 11.3 Å². The number of nitro groups is 1. The third-order valence-electron chi connectivity index (χ3n) is 5.58. The Hall–Kier alpha value is -3.79. The van der Waals surface area contributed by atoms with Crippen LogP contribution in [-0.4, -0.2) is 40.0 Å². The minimum atomic E-state index is -0.515. The van der Waals surface area contributed by atoms with Gasteiger partial charge in [0.2, 0.25) is 0 Å². The summed E-state index contributed by atoms with van der Waals surface area (Å²) < 4.78 is 5.28. The van der Waals surface area contributed by atoms with Crippen LogP contribution in [0.3, 0.4) is 0 Å². The van der Waals surface area contributed by atoms with Crippen LogP contribution in [0, 0.1) is 17.0 Å². The average molecular weight is 483 g/mol. The Morgan fingerprint density at radius 3 is 2.44 bits per heavy atom. The molecule has 9 nitrogen and oxygen atoms in total. The SMILES string of the molecule is CCOC(=O)C1=C(C)N(CC)C(=S)NC1c1ccc(NC(=O)c2ccc(C)c([N+](=O)[O-])c2)cc1. The fraction of sp³-hybridized carbons (Fsp3) is 0.292. The highest BCUT2D eigenvalue weighted by atomic mass is 32.1. The van der Waals surface area contributed by atoms with E-state index in [2.05, 4.69) is 10.6 Å². The van der Waals surface area contributed by atoms with E-state index in [-0.39, 0.29) is 17.9 Å². The van der Waals surface area contributed by atoms with E-state index in [0.29, 0.717) is 28.5 Å². The molecule has 2 N–H and O–H groups in total. The van der Waals surface area contributed by atoms with Gasteiger partial charge in [-0.2, -0.15) is 0 Å². The molecule has 2 aromatic rings. The Morgan fingerprint density at radius 1 is 1.18 bits per heavy atom. The maximum atomic E-state index is 12.7. The Morgan fingerprint density at radius 2 is 1.85 bits per heavy atom. The minimum absolute atomic E-state index is 0.114. The van der Waals surface area contributed by atoms with E-state index < -0.39 is 22.8 Å². The van der Waals surface area contributed by atoms with Gasteiger partial charge in [0.15, 0.2) is 5.11 Å². The molecule has 34 heavy (non-hydrogen) atoms. The first-order valence-electron chi connectivity index (χ1n) is 10.8. The molecule has 1 aliphatic rings. The van der Waals surface area contributed by atoms with Crippen LogP contribution >= 0.6 is 12.2 Å². The summed E-state index contributed by atoms with van der Waals surface area (Å²) in [6.07, 6.45) is 0. The van der Waals surface area contributed by atoms with E-state index in [1.54, 1.807) is 44.2 Å². The largest absolute Gasteiger partial charge is 0.463 e. The fourth-order valence-corrected chi connectivity index (χ4v) is 4.18. The zero-order valence-corrected chi connectivity index (χ0v) is 20.2. The molecular weight excluding hydrogens is 456 g/mol. The zero-order chi connectivity index (χ0) is 25.0. The Labute approximate surface area is 202 Å². The summed E-state index contributed by atoms with van der Waals surface area (Å²) in [5.74, 6) is -0.883. The molecule has 1 amide bonds. The van der Waals surface area contributed by atoms with Crippen molar-refractivity contribution in [3.8, 4) is 0 Å². The quantitative estimate of drug-likeness (QED) is 0.261. The van der Waals surface area contributed by atoms with Crippen molar-refractivity contribution >= 4 is 40.6 Å². The molecule has 0 bridgehead atoms. The Balaban J connectivity index is 1.85. The number of aryl methyl sites for hydroxylation is 1. The van der Waals surface area contributed by atoms with Gasteiger partial charge in [0.1, 0.15) is 0 Å². The van der Waals surface area contributed by atoms with Crippen LogP contribution in [0.4, 0.5) is 11.4 Å². The molecule has 0 aliphatic carbocycles. The molecule has 1 aliphatic heterocycles. The number of hydrogen-bond acceptors (Lipinski definition) is 6. The fourth-order valence-electron chi connectivity index (χ4n) is 3.79. The monoisotopic (exact) mass is 482 g/mol. The molecule has 0 spiro atoms. The lowest BCUT2D eigenvalue weighted by atomic mass is 9.95. The minimum Gasteiger partial charge on any atom is -0.463 e. The summed E-state index contributed by atoms with van der Waals surface area (Å²) in [4.78, 5) is 37.8. The van der Waals surface area contributed by atoms with Crippen molar-refractivity contribution < 1.29 is 19.2 Å². The van der Waals surface area contributed by atoms with Crippen LogP contribution < -0.4 is 10.6 Å². The van der Waals surface area contributed by atoms with Gasteiger partial charge in [-0.3, -0.25) is 14.9 Å². The van der Waals surface area contributed by atoms with E-state index in [4.69, 9.17) is 17.0 Å². The van der Waals surface area contributed by atoms with Crippen LogP contribution in [0.25, 0.3) is 0 Å². The molecule has 0 fully saturated rings. The van der Waals surface area contributed by atoms with Gasteiger partial charge in [-0.25, -0.2) is 4.79 Å². The second kappa shape index (κ2) is 10.4. The molecule has 1 unspecified atom stereocenters. The summed E-state index contributed by atoms with van der Waals surface area (Å²) in [6, 6.07) is 10.8. The maximum Gasteiger partial charge on any atom is 0.338 e. The van der Waals surface area contributed by atoms with E-state index >= 15 is 0 Å². The van der Waals surface area contributed by atoms with Crippen LogP contribution in [0.2, 0.25) is 0 Å². The van der Waals surface area contributed by atoms with Crippen LogP contribution in [-0.2, 0) is 9.53 Å². The number of rotatable bonds is 7. The first-order chi connectivity index (χ1) is 16.2. The van der Waals surface area contributed by atoms with Crippen molar-refractivity contribution in [1.29, 1.82) is 0 Å². The highest BCUT2D eigenvalue weighted by Gasteiger charge is 2.34. The van der Waals surface area contributed by atoms with E-state index in [9.17, 15) is 19.7 Å². The highest BCUT2D eigenvalue weighted by Crippen LogP contribution is 2.32. The van der Waals surface area contributed by atoms with E-state index in [1.165, 1.54) is 12.1 Å². The molecule has 0 radical (unpaired) electrons. The van der Waals surface area contributed by atoms with Gasteiger partial charge in [-0.15, -0.1) is 0 Å². The second-order valence-corrected chi connectivity index (χ2v) is 8.07. The molecular formula is C24H26N4O5S. The molecule has 1 atom stereocenters. The van der Waals surface area contributed by atoms with Gasteiger partial charge >= 0.3 is 5.97 Å². The van der Waals surface area contributed by atoms with Crippen molar-refractivity contribution in [1.82, 2.24) is 10.2 Å². The van der Waals surface area contributed by atoms with Gasteiger partial charge in [-0.05, 0) is 63.7 Å². The maximum absolute atomic E-state index is 12.7. The lowest BCUT2D eigenvalue weighted by molar-refractivity contribution is -0.385. The number of allylic oxidation sites excluding steroid dienone is 1. The molecule has 10 heteroatoms. The normalized spacial score (nSPS) is 15.6. The lowest BCUT2D eigenvalue weighted by Gasteiger charge is -2.37. The Bertz CT molecular complexity index is 1180. The molecule has 1 heterocycles. The number of benzene rings is 2. The number of ether oxygens (including phenoxy) is 1. The number of nitro benzene ring substituents is 1. The predicted molar refractivity (Wildman–Crippen MR) is 132 cm³/mol. The average Bonchev–Trinajstić information content (AvgIpc) is 2.79. The standard InChI is InChI=1S/C24H26N4O5S/c1-5-27-15(4)20(23(30)33-6-2)21(26-24(27)34)16-9-11-18(12-10-16)25-22(29)17-8-7-14(3)19(13-17)28(31)32/h7-13,21H,5-6H2,1-4H3,(H,25,29)(H,26,34).